The molecule has 5 rings (SSSR count). The van der Waals surface area contributed by atoms with E-state index in [9.17, 15) is 9.59 Å². The normalized spacial score (nSPS) is 12.8. The minimum atomic E-state index is -0.369. The van der Waals surface area contributed by atoms with E-state index in [4.69, 9.17) is 20.8 Å². The summed E-state index contributed by atoms with van der Waals surface area (Å²) in [5.41, 5.74) is 3.18. The number of thiazole rings is 1. The number of aryl methyl sites for hydroxylation is 1. The van der Waals surface area contributed by atoms with Gasteiger partial charge >= 0.3 is 0 Å². The lowest BCUT2D eigenvalue weighted by molar-refractivity contribution is 0.0702. The highest BCUT2D eigenvalue weighted by Gasteiger charge is 2.28. The van der Waals surface area contributed by atoms with Crippen LogP contribution in [-0.4, -0.2) is 45.3 Å². The number of anilines is 1. The van der Waals surface area contributed by atoms with E-state index >= 15 is 0 Å². The zero-order chi connectivity index (χ0) is 25.4. The maximum atomic E-state index is 13.3. The van der Waals surface area contributed by atoms with E-state index < -0.39 is 0 Å². The van der Waals surface area contributed by atoms with E-state index in [1.54, 1.807) is 23.1 Å². The molecule has 1 aliphatic heterocycles. The van der Waals surface area contributed by atoms with Crippen LogP contribution in [0.3, 0.4) is 0 Å². The minimum Gasteiger partial charge on any atom is -0.494 e. The number of halogens is 2. The Hall–Kier alpha value is -3.28. The molecular formula is C24H19BrClN5O4S. The van der Waals surface area contributed by atoms with Gasteiger partial charge in [-0.05, 0) is 41.1 Å². The second kappa shape index (κ2) is 10.00. The molecule has 0 aliphatic carbocycles. The maximum Gasteiger partial charge on any atom is 0.291 e. The molecule has 36 heavy (non-hydrogen) atoms. The summed E-state index contributed by atoms with van der Waals surface area (Å²) in [7, 11) is 1.53. The summed E-state index contributed by atoms with van der Waals surface area (Å²) >= 11 is 10.8. The second-order valence-corrected chi connectivity index (χ2v) is 10.3. The molecule has 0 radical (unpaired) electrons. The van der Waals surface area contributed by atoms with Crippen molar-refractivity contribution >= 4 is 55.8 Å². The van der Waals surface area contributed by atoms with Crippen molar-refractivity contribution in [2.24, 2.45) is 0 Å². The Balaban J connectivity index is 1.39. The van der Waals surface area contributed by atoms with Crippen molar-refractivity contribution in [2.75, 3.05) is 19.0 Å². The number of nitrogens with zero attached hydrogens (tertiary/aromatic N) is 4. The fourth-order valence-corrected chi connectivity index (χ4v) is 5.48. The number of ether oxygens (including phenoxy) is 1. The third-order valence-electron chi connectivity index (χ3n) is 5.68. The molecule has 0 spiro atoms. The fourth-order valence-electron chi connectivity index (χ4n) is 3.93. The van der Waals surface area contributed by atoms with Crippen LogP contribution >= 0.6 is 38.9 Å². The van der Waals surface area contributed by atoms with Crippen LogP contribution in [0.1, 0.15) is 37.2 Å². The molecule has 0 bridgehead atoms. The summed E-state index contributed by atoms with van der Waals surface area (Å²) in [4.78, 5) is 41.7. The highest BCUT2D eigenvalue weighted by Crippen LogP contribution is 2.35. The van der Waals surface area contributed by atoms with Gasteiger partial charge in [0, 0.05) is 40.9 Å². The van der Waals surface area contributed by atoms with Crippen LogP contribution in [0.15, 0.2) is 45.7 Å². The molecule has 4 aromatic heterocycles. The molecule has 0 aromatic carbocycles. The fraction of sp³-hybridized carbons (Fsp3) is 0.208. The molecule has 5 heterocycles. The van der Waals surface area contributed by atoms with Crippen molar-refractivity contribution < 1.29 is 18.7 Å². The number of methoxy groups -OCH3 is 1. The quantitative estimate of drug-likeness (QED) is 0.312. The SMILES string of the molecule is COc1cnc(Cl)cc1-c1cc(C)ncc1C(=O)Nc1nc2c(s1)CN(C(=O)c1occc1Br)CC2. The van der Waals surface area contributed by atoms with E-state index in [-0.39, 0.29) is 22.7 Å². The molecule has 0 saturated heterocycles. The number of fused-ring (bicyclic) bond motifs is 1. The molecule has 1 aliphatic rings. The van der Waals surface area contributed by atoms with Gasteiger partial charge in [-0.25, -0.2) is 9.97 Å². The van der Waals surface area contributed by atoms with Crippen molar-refractivity contribution in [1.82, 2.24) is 19.9 Å². The molecule has 0 saturated carbocycles. The molecule has 1 N–H and O–H groups in total. The average molecular weight is 589 g/mol. The van der Waals surface area contributed by atoms with Gasteiger partial charge in [0.2, 0.25) is 5.76 Å². The standard InChI is InChI=1S/C24H19BrClN5O4S/c1-12-7-13(14-8-20(26)28-10-18(14)34-2)15(9-27-12)22(32)30-24-29-17-3-5-31(11-19(17)36-24)23(33)21-16(25)4-6-35-21/h4,6-10H,3,5,11H2,1-2H3,(H,29,30,32). The highest BCUT2D eigenvalue weighted by molar-refractivity contribution is 9.10. The van der Waals surface area contributed by atoms with Gasteiger partial charge in [0.1, 0.15) is 10.9 Å². The first kappa shape index (κ1) is 24.4. The van der Waals surface area contributed by atoms with E-state index in [2.05, 4.69) is 36.2 Å². The van der Waals surface area contributed by atoms with Crippen LogP contribution in [-0.2, 0) is 13.0 Å². The molecule has 9 nitrogen and oxygen atoms in total. The van der Waals surface area contributed by atoms with Crippen LogP contribution in [0.2, 0.25) is 5.15 Å². The Morgan fingerprint density at radius 2 is 2.08 bits per heavy atom. The van der Waals surface area contributed by atoms with E-state index in [1.165, 1.54) is 37.1 Å². The number of hydrogen-bond acceptors (Lipinski definition) is 8. The van der Waals surface area contributed by atoms with Crippen molar-refractivity contribution in [1.29, 1.82) is 0 Å². The Kier molecular flexibility index (Phi) is 6.78. The zero-order valence-electron chi connectivity index (χ0n) is 19.2. The number of rotatable bonds is 5. The van der Waals surface area contributed by atoms with Gasteiger partial charge in [-0.3, -0.25) is 19.9 Å². The number of furan rings is 1. The Morgan fingerprint density at radius 1 is 1.25 bits per heavy atom. The number of amides is 2. The first-order chi connectivity index (χ1) is 17.3. The number of carbonyl (C=O) groups is 2. The molecule has 184 valence electrons. The maximum absolute atomic E-state index is 13.3. The number of carbonyl (C=O) groups excluding carboxylic acids is 2. The van der Waals surface area contributed by atoms with Crippen LogP contribution in [0.5, 0.6) is 5.75 Å². The van der Waals surface area contributed by atoms with Crippen molar-refractivity contribution in [3.05, 3.63) is 74.1 Å². The molecule has 0 atom stereocenters. The van der Waals surface area contributed by atoms with Crippen LogP contribution in [0.25, 0.3) is 11.1 Å². The van der Waals surface area contributed by atoms with Crippen LogP contribution in [0.4, 0.5) is 5.13 Å². The van der Waals surface area contributed by atoms with E-state index in [1.807, 2.05) is 6.92 Å². The van der Waals surface area contributed by atoms with Gasteiger partial charge in [0.25, 0.3) is 11.8 Å². The van der Waals surface area contributed by atoms with Gasteiger partial charge in [0.05, 0.1) is 41.8 Å². The van der Waals surface area contributed by atoms with E-state index in [0.29, 0.717) is 51.6 Å². The average Bonchev–Trinajstić information content (AvgIpc) is 3.48. The van der Waals surface area contributed by atoms with Gasteiger partial charge in [-0.1, -0.05) is 22.9 Å². The number of aromatic nitrogens is 3. The largest absolute Gasteiger partial charge is 0.494 e. The summed E-state index contributed by atoms with van der Waals surface area (Å²) in [6.45, 7) is 2.73. The summed E-state index contributed by atoms with van der Waals surface area (Å²) in [6, 6.07) is 5.13. The van der Waals surface area contributed by atoms with Crippen molar-refractivity contribution in [3.63, 3.8) is 0 Å². The lowest BCUT2D eigenvalue weighted by atomic mass is 10.0. The van der Waals surface area contributed by atoms with Gasteiger partial charge in [-0.15, -0.1) is 0 Å². The Bertz CT molecular complexity index is 1490. The minimum absolute atomic E-state index is 0.197. The topological polar surface area (TPSA) is 110 Å². The van der Waals surface area contributed by atoms with Crippen LogP contribution in [0, 0.1) is 6.92 Å². The third-order valence-corrected chi connectivity index (χ3v) is 7.51. The Morgan fingerprint density at radius 3 is 2.83 bits per heavy atom. The van der Waals surface area contributed by atoms with Crippen molar-refractivity contribution in [3.8, 4) is 16.9 Å². The summed E-state index contributed by atoms with van der Waals surface area (Å²) in [6.07, 6.45) is 5.08. The summed E-state index contributed by atoms with van der Waals surface area (Å²) in [5, 5.41) is 3.61. The smallest absolute Gasteiger partial charge is 0.291 e. The first-order valence-electron chi connectivity index (χ1n) is 10.8. The zero-order valence-corrected chi connectivity index (χ0v) is 22.3. The predicted octanol–water partition coefficient (Wildman–Crippen LogP) is 5.38. The van der Waals surface area contributed by atoms with Gasteiger partial charge in [0.15, 0.2) is 5.13 Å². The molecule has 0 unspecified atom stereocenters. The highest BCUT2D eigenvalue weighted by atomic mass is 79.9. The van der Waals surface area contributed by atoms with Crippen LogP contribution < -0.4 is 10.1 Å². The lowest BCUT2D eigenvalue weighted by Crippen LogP contribution is -2.35. The monoisotopic (exact) mass is 587 g/mol. The van der Waals surface area contributed by atoms with E-state index in [0.717, 1.165) is 16.3 Å². The number of hydrogen-bond donors (Lipinski definition) is 1. The second-order valence-electron chi connectivity index (χ2n) is 8.00. The van der Waals surface area contributed by atoms with Gasteiger partial charge in [-0.2, -0.15) is 0 Å². The predicted molar refractivity (Wildman–Crippen MR) is 139 cm³/mol. The summed E-state index contributed by atoms with van der Waals surface area (Å²) < 4.78 is 11.4. The Labute approximate surface area is 223 Å². The summed E-state index contributed by atoms with van der Waals surface area (Å²) in [5.74, 6) is 0.183. The molecule has 12 heteroatoms. The molecule has 4 aromatic rings. The third kappa shape index (κ3) is 4.73. The molecule has 0 fully saturated rings. The van der Waals surface area contributed by atoms with Crippen molar-refractivity contribution in [2.45, 2.75) is 19.9 Å². The number of pyridine rings is 2. The molecular weight excluding hydrogens is 570 g/mol. The number of nitrogens with one attached hydrogen (secondary N) is 1. The molecule has 2 amide bonds. The lowest BCUT2D eigenvalue weighted by Gasteiger charge is -2.25. The first-order valence-corrected chi connectivity index (χ1v) is 12.8. The van der Waals surface area contributed by atoms with Gasteiger partial charge < -0.3 is 14.1 Å².